The van der Waals surface area contributed by atoms with Gasteiger partial charge < -0.3 is 4.74 Å². The van der Waals surface area contributed by atoms with E-state index in [2.05, 4.69) is 17.4 Å². The maximum Gasteiger partial charge on any atom is 0.290 e. The van der Waals surface area contributed by atoms with Crippen molar-refractivity contribution in [2.24, 2.45) is 0 Å². The fraction of sp³-hybridized carbons (Fsp3) is 0.176. The van der Waals surface area contributed by atoms with Crippen molar-refractivity contribution >= 4 is 33.7 Å². The first kappa shape index (κ1) is 14.7. The molecule has 0 saturated carbocycles. The van der Waals surface area contributed by atoms with E-state index in [-0.39, 0.29) is 11.1 Å². The van der Waals surface area contributed by atoms with Crippen LogP contribution >= 0.6 is 11.8 Å². The highest BCUT2D eigenvalue weighted by Gasteiger charge is 2.24. The van der Waals surface area contributed by atoms with Gasteiger partial charge in [-0.2, -0.15) is 0 Å². The van der Waals surface area contributed by atoms with E-state index in [9.17, 15) is 9.59 Å². The van der Waals surface area contributed by atoms with Crippen LogP contribution in [0.25, 0.3) is 10.8 Å². The van der Waals surface area contributed by atoms with Crippen molar-refractivity contribution in [2.75, 3.05) is 6.61 Å². The van der Waals surface area contributed by atoms with E-state index < -0.39 is 0 Å². The number of rotatable bonds is 5. The second-order valence-corrected chi connectivity index (χ2v) is 5.93. The van der Waals surface area contributed by atoms with E-state index in [0.29, 0.717) is 17.9 Å². The maximum absolute atomic E-state index is 11.3. The normalized spacial score (nSPS) is 16.3. The van der Waals surface area contributed by atoms with Crippen LogP contribution in [0.1, 0.15) is 12.8 Å². The molecular formula is C17H15NO3S. The summed E-state index contributed by atoms with van der Waals surface area (Å²) in [6.45, 7) is 0.572. The zero-order valence-electron chi connectivity index (χ0n) is 11.9. The molecule has 0 radical (unpaired) electrons. The zero-order valence-corrected chi connectivity index (χ0v) is 12.7. The molecule has 3 rings (SSSR count). The Labute approximate surface area is 132 Å². The first-order valence-corrected chi connectivity index (χ1v) is 7.89. The summed E-state index contributed by atoms with van der Waals surface area (Å²) in [5.74, 6) is 0.542. The molecule has 0 aliphatic carbocycles. The molecule has 0 bridgehead atoms. The Morgan fingerprint density at radius 1 is 1.09 bits per heavy atom. The number of fused-ring (bicyclic) bond motifs is 1. The van der Waals surface area contributed by atoms with Crippen molar-refractivity contribution in [3.8, 4) is 5.75 Å². The molecule has 2 aromatic carbocycles. The van der Waals surface area contributed by atoms with Crippen LogP contribution in [0.3, 0.4) is 0 Å². The minimum absolute atomic E-state index is 0.301. The molecule has 2 amide bonds. The number of allylic oxidation sites excluding steroid dienone is 1. The Balaban J connectivity index is 1.49. The van der Waals surface area contributed by atoms with Gasteiger partial charge in [-0.05, 0) is 47.5 Å². The third kappa shape index (κ3) is 3.49. The predicted octanol–water partition coefficient (Wildman–Crippen LogP) is 3.87. The molecule has 112 valence electrons. The highest BCUT2D eigenvalue weighted by atomic mass is 32.2. The van der Waals surface area contributed by atoms with Gasteiger partial charge in [-0.25, -0.2) is 0 Å². The van der Waals surface area contributed by atoms with Crippen molar-refractivity contribution in [2.45, 2.75) is 12.8 Å². The van der Waals surface area contributed by atoms with Crippen molar-refractivity contribution in [3.63, 3.8) is 0 Å². The van der Waals surface area contributed by atoms with Crippen molar-refractivity contribution in [3.05, 3.63) is 53.4 Å². The minimum atomic E-state index is -0.302. The highest BCUT2D eigenvalue weighted by Crippen LogP contribution is 2.24. The van der Waals surface area contributed by atoms with Crippen LogP contribution in [0, 0.1) is 0 Å². The molecule has 1 N–H and O–H groups in total. The summed E-state index contributed by atoms with van der Waals surface area (Å²) in [7, 11) is 0. The molecule has 0 aromatic heterocycles. The van der Waals surface area contributed by atoms with Gasteiger partial charge in [0, 0.05) is 0 Å². The van der Waals surface area contributed by atoms with E-state index >= 15 is 0 Å². The molecule has 1 saturated heterocycles. The SMILES string of the molecule is O=C1NC(=O)C(=CCCCOc2ccc3ccccc3c2)S1. The number of thioether (sulfide) groups is 1. The van der Waals surface area contributed by atoms with E-state index in [1.807, 2.05) is 30.3 Å². The summed E-state index contributed by atoms with van der Waals surface area (Å²) in [5, 5.41) is 4.27. The van der Waals surface area contributed by atoms with Crippen LogP contribution in [0.2, 0.25) is 0 Å². The molecular weight excluding hydrogens is 298 g/mol. The molecule has 1 aliphatic rings. The van der Waals surface area contributed by atoms with Crippen molar-refractivity contribution < 1.29 is 14.3 Å². The van der Waals surface area contributed by atoms with Gasteiger partial charge in [-0.3, -0.25) is 14.9 Å². The lowest BCUT2D eigenvalue weighted by Crippen LogP contribution is -2.17. The van der Waals surface area contributed by atoms with Crippen LogP contribution in [0.15, 0.2) is 53.4 Å². The number of nitrogens with one attached hydrogen (secondary N) is 1. The van der Waals surface area contributed by atoms with Gasteiger partial charge in [-0.1, -0.05) is 36.4 Å². The molecule has 4 nitrogen and oxygen atoms in total. The van der Waals surface area contributed by atoms with Crippen molar-refractivity contribution in [1.82, 2.24) is 5.32 Å². The Bertz CT molecular complexity index is 754. The largest absolute Gasteiger partial charge is 0.494 e. The van der Waals surface area contributed by atoms with Gasteiger partial charge in [0.1, 0.15) is 5.75 Å². The number of ether oxygens (including phenoxy) is 1. The van der Waals surface area contributed by atoms with Crippen LogP contribution in [0.4, 0.5) is 4.79 Å². The van der Waals surface area contributed by atoms with Crippen LogP contribution in [-0.4, -0.2) is 17.8 Å². The fourth-order valence-electron chi connectivity index (χ4n) is 2.22. The molecule has 5 heteroatoms. The molecule has 22 heavy (non-hydrogen) atoms. The monoisotopic (exact) mass is 313 g/mol. The number of hydrogen-bond acceptors (Lipinski definition) is 4. The number of carbonyl (C=O) groups is 2. The number of benzene rings is 2. The second-order valence-electron chi connectivity index (χ2n) is 4.91. The smallest absolute Gasteiger partial charge is 0.290 e. The molecule has 1 heterocycles. The van der Waals surface area contributed by atoms with E-state index in [4.69, 9.17) is 4.74 Å². The van der Waals surface area contributed by atoms with Crippen LogP contribution in [-0.2, 0) is 4.79 Å². The summed E-state index contributed by atoms with van der Waals surface area (Å²) in [6, 6.07) is 14.2. The van der Waals surface area contributed by atoms with Gasteiger partial charge >= 0.3 is 0 Å². The lowest BCUT2D eigenvalue weighted by Gasteiger charge is -2.06. The van der Waals surface area contributed by atoms with Crippen LogP contribution in [0.5, 0.6) is 5.75 Å². The molecule has 0 spiro atoms. The number of unbranched alkanes of at least 4 members (excludes halogenated alkanes) is 1. The summed E-state index contributed by atoms with van der Waals surface area (Å²) < 4.78 is 5.72. The summed E-state index contributed by atoms with van der Waals surface area (Å²) in [4.78, 5) is 22.8. The van der Waals surface area contributed by atoms with Gasteiger partial charge in [-0.15, -0.1) is 0 Å². The molecule has 2 aromatic rings. The maximum atomic E-state index is 11.3. The number of carbonyl (C=O) groups excluding carboxylic acids is 2. The first-order chi connectivity index (χ1) is 10.7. The summed E-state index contributed by atoms with van der Waals surface area (Å²) in [5.41, 5.74) is 0. The number of hydrogen-bond donors (Lipinski definition) is 1. The van der Waals surface area contributed by atoms with E-state index in [1.165, 1.54) is 5.39 Å². The van der Waals surface area contributed by atoms with E-state index in [1.54, 1.807) is 6.08 Å². The Hall–Kier alpha value is -2.27. The average molecular weight is 313 g/mol. The summed E-state index contributed by atoms with van der Waals surface area (Å²) >= 11 is 0.950. The Morgan fingerprint density at radius 3 is 2.68 bits per heavy atom. The predicted molar refractivity (Wildman–Crippen MR) is 87.9 cm³/mol. The third-order valence-electron chi connectivity index (χ3n) is 3.31. The first-order valence-electron chi connectivity index (χ1n) is 7.07. The molecule has 0 atom stereocenters. The van der Waals surface area contributed by atoms with Crippen molar-refractivity contribution in [1.29, 1.82) is 0 Å². The molecule has 1 fully saturated rings. The average Bonchev–Trinajstić information content (AvgIpc) is 2.84. The number of imide groups is 1. The molecule has 0 unspecified atom stereocenters. The van der Waals surface area contributed by atoms with E-state index in [0.717, 1.165) is 29.3 Å². The molecule has 1 aliphatic heterocycles. The third-order valence-corrected chi connectivity index (χ3v) is 4.17. The highest BCUT2D eigenvalue weighted by molar-refractivity contribution is 8.18. The van der Waals surface area contributed by atoms with Gasteiger partial charge in [0.15, 0.2) is 0 Å². The number of amides is 2. The summed E-state index contributed by atoms with van der Waals surface area (Å²) in [6.07, 6.45) is 3.28. The quantitative estimate of drug-likeness (QED) is 0.672. The standard InChI is InChI=1S/C17H15NO3S/c19-16-15(22-17(20)18-16)7-3-4-10-21-14-9-8-12-5-1-2-6-13(12)11-14/h1-2,5-9,11H,3-4,10H2,(H,18,19,20). The van der Waals surface area contributed by atoms with Gasteiger partial charge in [0.05, 0.1) is 11.5 Å². The Morgan fingerprint density at radius 2 is 1.91 bits per heavy atom. The van der Waals surface area contributed by atoms with Gasteiger partial charge in [0.2, 0.25) is 0 Å². The van der Waals surface area contributed by atoms with Gasteiger partial charge in [0.25, 0.3) is 11.1 Å². The minimum Gasteiger partial charge on any atom is -0.494 e. The fourth-order valence-corrected chi connectivity index (χ4v) is 2.91. The topological polar surface area (TPSA) is 55.4 Å². The zero-order chi connectivity index (χ0) is 15.4. The lowest BCUT2D eigenvalue weighted by molar-refractivity contribution is -0.115. The second kappa shape index (κ2) is 6.66. The van der Waals surface area contributed by atoms with Crippen LogP contribution < -0.4 is 10.1 Å². The Kier molecular flexibility index (Phi) is 4.44. The lowest BCUT2D eigenvalue weighted by atomic mass is 10.1.